The SMILES string of the molecule is O=C1CCC(=O)N1c1ccc(S(=O)(=O)NCC2(c3ccsc3)CCOCC2)cc1. The van der Waals surface area contributed by atoms with Gasteiger partial charge in [-0.25, -0.2) is 13.1 Å². The molecule has 0 aliphatic carbocycles. The lowest BCUT2D eigenvalue weighted by Gasteiger charge is -2.37. The van der Waals surface area contributed by atoms with Crippen LogP contribution in [0.2, 0.25) is 0 Å². The zero-order chi connectivity index (χ0) is 20.5. The number of amides is 2. The number of ether oxygens (including phenoxy) is 1. The van der Waals surface area contributed by atoms with Crippen LogP contribution in [0.3, 0.4) is 0 Å². The van der Waals surface area contributed by atoms with Gasteiger partial charge in [-0.1, -0.05) is 0 Å². The van der Waals surface area contributed by atoms with Crippen LogP contribution in [0, 0.1) is 0 Å². The van der Waals surface area contributed by atoms with Gasteiger partial charge >= 0.3 is 0 Å². The normalized spacial score (nSPS) is 19.7. The van der Waals surface area contributed by atoms with Gasteiger partial charge in [0.2, 0.25) is 21.8 Å². The molecule has 1 aromatic carbocycles. The van der Waals surface area contributed by atoms with E-state index < -0.39 is 10.0 Å². The summed E-state index contributed by atoms with van der Waals surface area (Å²) in [5.41, 5.74) is 1.25. The van der Waals surface area contributed by atoms with Gasteiger partial charge in [-0.2, -0.15) is 11.3 Å². The van der Waals surface area contributed by atoms with Gasteiger partial charge in [0.05, 0.1) is 10.6 Å². The molecule has 154 valence electrons. The molecule has 0 spiro atoms. The Balaban J connectivity index is 1.51. The van der Waals surface area contributed by atoms with Gasteiger partial charge in [0, 0.05) is 38.0 Å². The fourth-order valence-electron chi connectivity index (χ4n) is 3.85. The first-order valence-corrected chi connectivity index (χ1v) is 11.9. The van der Waals surface area contributed by atoms with E-state index in [1.165, 1.54) is 24.3 Å². The minimum absolute atomic E-state index is 0.105. The molecule has 0 saturated carbocycles. The molecule has 0 radical (unpaired) electrons. The zero-order valence-electron chi connectivity index (χ0n) is 15.8. The van der Waals surface area contributed by atoms with Crippen molar-refractivity contribution in [1.29, 1.82) is 0 Å². The maximum absolute atomic E-state index is 12.9. The highest BCUT2D eigenvalue weighted by Crippen LogP contribution is 2.36. The number of carbonyl (C=O) groups excluding carboxylic acids is 2. The van der Waals surface area contributed by atoms with Gasteiger partial charge in [-0.3, -0.25) is 14.5 Å². The van der Waals surface area contributed by atoms with Crippen molar-refractivity contribution >= 4 is 38.9 Å². The third-order valence-corrected chi connectivity index (χ3v) is 7.74. The second-order valence-electron chi connectivity index (χ2n) is 7.35. The summed E-state index contributed by atoms with van der Waals surface area (Å²) in [6.07, 6.45) is 1.89. The van der Waals surface area contributed by atoms with Crippen LogP contribution in [-0.4, -0.2) is 40.0 Å². The highest BCUT2D eigenvalue weighted by atomic mass is 32.2. The van der Waals surface area contributed by atoms with Crippen LogP contribution in [-0.2, 0) is 29.8 Å². The minimum Gasteiger partial charge on any atom is -0.381 e. The molecule has 0 atom stereocenters. The number of benzene rings is 1. The molecule has 1 N–H and O–H groups in total. The minimum atomic E-state index is -3.73. The summed E-state index contributed by atoms with van der Waals surface area (Å²) in [5.74, 6) is -0.526. The predicted octanol–water partition coefficient (Wildman–Crippen LogP) is 2.43. The first kappa shape index (κ1) is 20.2. The maximum Gasteiger partial charge on any atom is 0.240 e. The molecular weight excluding hydrogens is 412 g/mol. The van der Waals surface area contributed by atoms with E-state index in [-0.39, 0.29) is 35.0 Å². The van der Waals surface area contributed by atoms with Crippen molar-refractivity contribution in [3.05, 3.63) is 46.7 Å². The topological polar surface area (TPSA) is 92.8 Å². The van der Waals surface area contributed by atoms with Crippen LogP contribution in [0.1, 0.15) is 31.2 Å². The van der Waals surface area contributed by atoms with E-state index in [1.54, 1.807) is 11.3 Å². The molecule has 0 unspecified atom stereocenters. The first-order chi connectivity index (χ1) is 13.9. The van der Waals surface area contributed by atoms with E-state index in [1.807, 2.05) is 11.4 Å². The van der Waals surface area contributed by atoms with Crippen LogP contribution < -0.4 is 9.62 Å². The van der Waals surface area contributed by atoms with Gasteiger partial charge in [0.25, 0.3) is 0 Å². The van der Waals surface area contributed by atoms with Crippen molar-refractivity contribution in [1.82, 2.24) is 4.72 Å². The molecule has 7 nitrogen and oxygen atoms in total. The summed E-state index contributed by atoms with van der Waals surface area (Å²) in [4.78, 5) is 24.9. The number of hydrogen-bond donors (Lipinski definition) is 1. The van der Waals surface area contributed by atoms with Gasteiger partial charge in [0.1, 0.15) is 0 Å². The first-order valence-electron chi connectivity index (χ1n) is 9.47. The second-order valence-corrected chi connectivity index (χ2v) is 9.89. The third kappa shape index (κ3) is 4.00. The number of nitrogens with zero attached hydrogens (tertiary/aromatic N) is 1. The average Bonchev–Trinajstić information content (AvgIpc) is 3.38. The summed E-state index contributed by atoms with van der Waals surface area (Å²) < 4.78 is 34.0. The lowest BCUT2D eigenvalue weighted by atomic mass is 9.75. The Morgan fingerprint density at radius 3 is 2.28 bits per heavy atom. The van der Waals surface area contributed by atoms with Gasteiger partial charge in [0.15, 0.2) is 0 Å². The summed E-state index contributed by atoms with van der Waals surface area (Å²) in [6, 6.07) is 7.90. The molecule has 2 aliphatic rings. The molecule has 2 fully saturated rings. The fourth-order valence-corrected chi connectivity index (χ4v) is 5.76. The molecule has 2 aromatic rings. The summed E-state index contributed by atoms with van der Waals surface area (Å²) >= 11 is 1.60. The van der Waals surface area contributed by atoms with Gasteiger partial charge in [-0.05, 0) is 59.5 Å². The molecule has 1 aromatic heterocycles. The van der Waals surface area contributed by atoms with Crippen LogP contribution in [0.15, 0.2) is 46.0 Å². The van der Waals surface area contributed by atoms with Crippen LogP contribution in [0.4, 0.5) is 5.69 Å². The van der Waals surface area contributed by atoms with Crippen molar-refractivity contribution in [3.63, 3.8) is 0 Å². The maximum atomic E-state index is 12.9. The highest BCUT2D eigenvalue weighted by Gasteiger charge is 2.36. The average molecular weight is 435 g/mol. The number of nitrogens with one attached hydrogen (secondary N) is 1. The van der Waals surface area contributed by atoms with E-state index in [9.17, 15) is 18.0 Å². The molecule has 9 heteroatoms. The number of anilines is 1. The monoisotopic (exact) mass is 434 g/mol. The largest absolute Gasteiger partial charge is 0.381 e. The van der Waals surface area contributed by atoms with Crippen molar-refractivity contribution < 1.29 is 22.7 Å². The van der Waals surface area contributed by atoms with E-state index in [0.717, 1.165) is 23.3 Å². The van der Waals surface area contributed by atoms with Crippen LogP contribution in [0.25, 0.3) is 0 Å². The molecule has 29 heavy (non-hydrogen) atoms. The Labute approximate surface area is 173 Å². The molecule has 2 amide bonds. The number of rotatable bonds is 6. The van der Waals surface area contributed by atoms with E-state index in [2.05, 4.69) is 10.1 Å². The number of carbonyl (C=O) groups is 2. The van der Waals surface area contributed by atoms with Crippen molar-refractivity contribution in [2.45, 2.75) is 36.0 Å². The third-order valence-electron chi connectivity index (χ3n) is 5.64. The Kier molecular flexibility index (Phi) is 5.56. The van der Waals surface area contributed by atoms with E-state index in [4.69, 9.17) is 4.74 Å². The lowest BCUT2D eigenvalue weighted by molar-refractivity contribution is -0.121. The van der Waals surface area contributed by atoms with Crippen LogP contribution in [0.5, 0.6) is 0 Å². The molecule has 4 rings (SSSR count). The van der Waals surface area contributed by atoms with Crippen LogP contribution >= 0.6 is 11.3 Å². The number of imide groups is 1. The molecule has 3 heterocycles. The number of sulfonamides is 1. The Morgan fingerprint density at radius 2 is 1.69 bits per heavy atom. The summed E-state index contributed by atoms with van der Waals surface area (Å²) in [6.45, 7) is 1.49. The second kappa shape index (κ2) is 7.98. The molecule has 2 saturated heterocycles. The van der Waals surface area contributed by atoms with Gasteiger partial charge in [-0.15, -0.1) is 0 Å². The Hall–Kier alpha value is -2.07. The van der Waals surface area contributed by atoms with Crippen molar-refractivity contribution in [2.24, 2.45) is 0 Å². The molecular formula is C20H22N2O5S2. The fraction of sp³-hybridized carbons (Fsp3) is 0.400. The smallest absolute Gasteiger partial charge is 0.240 e. The standard InChI is InChI=1S/C20H22N2O5S2/c23-18-5-6-19(24)22(18)16-1-3-17(4-2-16)29(25,26)21-14-20(8-10-27-11-9-20)15-7-12-28-13-15/h1-4,7,12-13,21H,5-6,8-11,14H2. The quantitative estimate of drug-likeness (QED) is 0.705. The van der Waals surface area contributed by atoms with Crippen molar-refractivity contribution in [3.8, 4) is 0 Å². The molecule has 2 aliphatic heterocycles. The zero-order valence-corrected chi connectivity index (χ0v) is 17.4. The molecule has 0 bridgehead atoms. The predicted molar refractivity (Wildman–Crippen MR) is 109 cm³/mol. The van der Waals surface area contributed by atoms with Crippen molar-refractivity contribution in [2.75, 3.05) is 24.7 Å². The van der Waals surface area contributed by atoms with E-state index in [0.29, 0.717) is 25.4 Å². The number of thiophene rings is 1. The summed E-state index contributed by atoms with van der Waals surface area (Å²) in [5, 5.41) is 4.07. The Morgan fingerprint density at radius 1 is 1.03 bits per heavy atom. The summed E-state index contributed by atoms with van der Waals surface area (Å²) in [7, 11) is -3.73. The van der Waals surface area contributed by atoms with E-state index >= 15 is 0 Å². The Bertz CT molecular complexity index is 978. The number of hydrogen-bond acceptors (Lipinski definition) is 6. The highest BCUT2D eigenvalue weighted by molar-refractivity contribution is 7.89. The van der Waals surface area contributed by atoms with Gasteiger partial charge < -0.3 is 4.74 Å². The lowest BCUT2D eigenvalue weighted by Crippen LogP contribution is -2.44.